The van der Waals surface area contributed by atoms with Crippen molar-refractivity contribution in [3.63, 3.8) is 0 Å². The van der Waals surface area contributed by atoms with Crippen molar-refractivity contribution in [3.05, 3.63) is 99.5 Å². The number of benzene rings is 3. The van der Waals surface area contributed by atoms with Crippen LogP contribution in [0.4, 0.5) is 0 Å². The minimum absolute atomic E-state index is 0.0153. The molecular formula is C25H23BrN2O3. The summed E-state index contributed by atoms with van der Waals surface area (Å²) in [6.07, 6.45) is 1.44. The van der Waals surface area contributed by atoms with Gasteiger partial charge < -0.3 is 4.74 Å². The number of halogens is 1. The highest BCUT2D eigenvalue weighted by Gasteiger charge is 2.14. The van der Waals surface area contributed by atoms with Gasteiger partial charge in [0.1, 0.15) is 5.75 Å². The van der Waals surface area contributed by atoms with E-state index in [-0.39, 0.29) is 11.3 Å². The number of hydrazone groups is 1. The highest BCUT2D eigenvalue weighted by atomic mass is 79.9. The van der Waals surface area contributed by atoms with E-state index in [1.807, 2.05) is 18.2 Å². The number of hydrogen-bond acceptors (Lipinski definition) is 4. The zero-order chi connectivity index (χ0) is 22.4. The summed E-state index contributed by atoms with van der Waals surface area (Å²) in [6, 6.07) is 21.3. The van der Waals surface area contributed by atoms with Gasteiger partial charge >= 0.3 is 5.97 Å². The Labute approximate surface area is 190 Å². The smallest absolute Gasteiger partial charge is 0.343 e. The minimum atomic E-state index is -0.472. The van der Waals surface area contributed by atoms with E-state index >= 15 is 0 Å². The zero-order valence-electron chi connectivity index (χ0n) is 17.6. The van der Waals surface area contributed by atoms with Crippen LogP contribution in [0.3, 0.4) is 0 Å². The molecule has 158 valence electrons. The fourth-order valence-corrected chi connectivity index (χ4v) is 3.17. The molecule has 0 spiro atoms. The first-order chi connectivity index (χ1) is 14.7. The number of hydrogen-bond donors (Lipinski definition) is 1. The second-order valence-electron chi connectivity index (χ2n) is 7.96. The predicted molar refractivity (Wildman–Crippen MR) is 126 cm³/mol. The summed E-state index contributed by atoms with van der Waals surface area (Å²) in [4.78, 5) is 24.8. The topological polar surface area (TPSA) is 67.8 Å². The molecule has 0 atom stereocenters. The van der Waals surface area contributed by atoms with Crippen molar-refractivity contribution in [1.29, 1.82) is 0 Å². The SMILES string of the molecule is CC(C)(C)c1ccc(C(=O)N/N=C\c2cc(Br)ccc2OC(=O)c2ccccc2)cc1. The van der Waals surface area contributed by atoms with Gasteiger partial charge in [-0.05, 0) is 53.4 Å². The maximum atomic E-state index is 12.4. The summed E-state index contributed by atoms with van der Waals surface area (Å²) < 4.78 is 6.30. The second-order valence-corrected chi connectivity index (χ2v) is 8.88. The number of carbonyl (C=O) groups excluding carboxylic acids is 2. The van der Waals surface area contributed by atoms with E-state index in [1.54, 1.807) is 54.6 Å². The number of carbonyl (C=O) groups is 2. The van der Waals surface area contributed by atoms with E-state index < -0.39 is 5.97 Å². The van der Waals surface area contributed by atoms with Gasteiger partial charge in [0.25, 0.3) is 5.91 Å². The largest absolute Gasteiger partial charge is 0.422 e. The molecular weight excluding hydrogens is 456 g/mol. The van der Waals surface area contributed by atoms with Gasteiger partial charge in [-0.1, -0.05) is 67.0 Å². The molecule has 0 aromatic heterocycles. The van der Waals surface area contributed by atoms with Gasteiger partial charge in [0, 0.05) is 15.6 Å². The molecule has 0 aliphatic heterocycles. The summed E-state index contributed by atoms with van der Waals surface area (Å²) in [5, 5.41) is 4.03. The number of ether oxygens (including phenoxy) is 1. The van der Waals surface area contributed by atoms with Gasteiger partial charge in [-0.2, -0.15) is 5.10 Å². The van der Waals surface area contributed by atoms with E-state index in [1.165, 1.54) is 6.21 Å². The van der Waals surface area contributed by atoms with Crippen LogP contribution in [-0.2, 0) is 5.41 Å². The first kappa shape index (κ1) is 22.4. The van der Waals surface area contributed by atoms with Gasteiger partial charge in [0.15, 0.2) is 0 Å². The van der Waals surface area contributed by atoms with Crippen LogP contribution in [0.2, 0.25) is 0 Å². The summed E-state index contributed by atoms with van der Waals surface area (Å²) in [5.74, 6) is -0.459. The Bertz CT molecular complexity index is 1100. The molecule has 0 saturated carbocycles. The normalized spacial score (nSPS) is 11.4. The van der Waals surface area contributed by atoms with Crippen molar-refractivity contribution in [3.8, 4) is 5.75 Å². The second kappa shape index (κ2) is 9.71. The van der Waals surface area contributed by atoms with Crippen molar-refractivity contribution in [1.82, 2.24) is 5.43 Å². The number of rotatable bonds is 5. The van der Waals surface area contributed by atoms with Crippen LogP contribution in [0.5, 0.6) is 5.75 Å². The Morgan fingerprint density at radius 3 is 2.26 bits per heavy atom. The summed E-state index contributed by atoms with van der Waals surface area (Å²) >= 11 is 3.40. The third-order valence-corrected chi connectivity index (χ3v) is 5.06. The maximum absolute atomic E-state index is 12.4. The monoisotopic (exact) mass is 478 g/mol. The molecule has 3 rings (SSSR count). The van der Waals surface area contributed by atoms with Crippen molar-refractivity contribution in [2.24, 2.45) is 5.10 Å². The third-order valence-electron chi connectivity index (χ3n) is 4.57. The molecule has 3 aromatic carbocycles. The molecule has 0 aliphatic carbocycles. The van der Waals surface area contributed by atoms with Crippen molar-refractivity contribution < 1.29 is 14.3 Å². The molecule has 1 amide bonds. The van der Waals surface area contributed by atoms with Crippen LogP contribution in [-0.4, -0.2) is 18.1 Å². The average molecular weight is 479 g/mol. The lowest BCUT2D eigenvalue weighted by Crippen LogP contribution is -2.18. The van der Waals surface area contributed by atoms with Gasteiger partial charge in [0.05, 0.1) is 11.8 Å². The maximum Gasteiger partial charge on any atom is 0.343 e. The fraction of sp³-hybridized carbons (Fsp3) is 0.160. The molecule has 0 saturated heterocycles. The van der Waals surface area contributed by atoms with E-state index in [9.17, 15) is 9.59 Å². The first-order valence-electron chi connectivity index (χ1n) is 9.75. The van der Waals surface area contributed by atoms with E-state index in [0.717, 1.165) is 10.0 Å². The zero-order valence-corrected chi connectivity index (χ0v) is 19.1. The van der Waals surface area contributed by atoms with Gasteiger partial charge in [0.2, 0.25) is 0 Å². The van der Waals surface area contributed by atoms with E-state index in [2.05, 4.69) is 47.2 Å². The number of nitrogens with one attached hydrogen (secondary N) is 1. The van der Waals surface area contributed by atoms with Crippen LogP contribution < -0.4 is 10.2 Å². The molecule has 5 nitrogen and oxygen atoms in total. The van der Waals surface area contributed by atoms with Crippen molar-refractivity contribution in [2.75, 3.05) is 0 Å². The van der Waals surface area contributed by atoms with Gasteiger partial charge in [-0.25, -0.2) is 10.2 Å². The predicted octanol–water partition coefficient (Wildman–Crippen LogP) is 5.73. The molecule has 31 heavy (non-hydrogen) atoms. The fourth-order valence-electron chi connectivity index (χ4n) is 2.79. The van der Waals surface area contributed by atoms with Crippen LogP contribution in [0.1, 0.15) is 52.6 Å². The Balaban J connectivity index is 1.71. The molecule has 0 heterocycles. The molecule has 0 radical (unpaired) electrons. The number of nitrogens with zero attached hydrogens (tertiary/aromatic N) is 1. The van der Waals surface area contributed by atoms with Crippen molar-refractivity contribution in [2.45, 2.75) is 26.2 Å². The average Bonchev–Trinajstić information content (AvgIpc) is 2.75. The first-order valence-corrected chi connectivity index (χ1v) is 10.5. The van der Waals surface area contributed by atoms with E-state index in [0.29, 0.717) is 22.4 Å². The molecule has 0 unspecified atom stereocenters. The lowest BCUT2D eigenvalue weighted by molar-refractivity contribution is 0.0734. The highest BCUT2D eigenvalue weighted by Crippen LogP contribution is 2.23. The standard InChI is InChI=1S/C25H23BrN2O3/c1-25(2,3)20-11-9-17(10-12-20)23(29)28-27-16-19-15-21(26)13-14-22(19)31-24(30)18-7-5-4-6-8-18/h4-16H,1-3H3,(H,28,29)/b27-16-. The van der Waals surface area contributed by atoms with Crippen LogP contribution in [0.25, 0.3) is 0 Å². The summed E-state index contributed by atoms with van der Waals surface area (Å²) in [5.41, 5.74) is 5.17. The number of amides is 1. The summed E-state index contributed by atoms with van der Waals surface area (Å²) in [6.45, 7) is 6.35. The molecule has 0 fully saturated rings. The van der Waals surface area contributed by atoms with Crippen LogP contribution in [0.15, 0.2) is 82.4 Å². The molecule has 3 aromatic rings. The summed E-state index contributed by atoms with van der Waals surface area (Å²) in [7, 11) is 0. The van der Waals surface area contributed by atoms with Crippen LogP contribution >= 0.6 is 15.9 Å². The van der Waals surface area contributed by atoms with Crippen molar-refractivity contribution >= 4 is 34.0 Å². The quantitative estimate of drug-likeness (QED) is 0.220. The Morgan fingerprint density at radius 1 is 0.935 bits per heavy atom. The lowest BCUT2D eigenvalue weighted by Gasteiger charge is -2.18. The Kier molecular flexibility index (Phi) is 7.02. The highest BCUT2D eigenvalue weighted by molar-refractivity contribution is 9.10. The lowest BCUT2D eigenvalue weighted by atomic mass is 9.87. The van der Waals surface area contributed by atoms with Gasteiger partial charge in [-0.15, -0.1) is 0 Å². The molecule has 0 bridgehead atoms. The van der Waals surface area contributed by atoms with Gasteiger partial charge in [-0.3, -0.25) is 4.79 Å². The third kappa shape index (κ3) is 6.12. The molecule has 1 N–H and O–H groups in total. The number of esters is 1. The molecule has 6 heteroatoms. The minimum Gasteiger partial charge on any atom is -0.422 e. The molecule has 0 aliphatic rings. The van der Waals surface area contributed by atoms with Crippen LogP contribution in [0, 0.1) is 0 Å². The Hall–Kier alpha value is -3.25. The van der Waals surface area contributed by atoms with E-state index in [4.69, 9.17) is 4.74 Å². The Morgan fingerprint density at radius 2 is 1.61 bits per heavy atom.